The van der Waals surface area contributed by atoms with Crippen molar-refractivity contribution in [1.82, 2.24) is 0 Å². The number of rotatable bonds is 4. The topological polar surface area (TPSA) is 92.5 Å². The van der Waals surface area contributed by atoms with E-state index in [9.17, 15) is 19.3 Å². The summed E-state index contributed by atoms with van der Waals surface area (Å²) in [5.74, 6) is -1.70. The fourth-order valence-electron chi connectivity index (χ4n) is 1.81. The first-order valence-corrected chi connectivity index (χ1v) is 5.94. The Labute approximate surface area is 119 Å². The fraction of sp³-hybridized carbons (Fsp3) is 0.0714. The molecule has 2 aromatic carbocycles. The zero-order valence-electron chi connectivity index (χ0n) is 11.0. The monoisotopic (exact) mass is 290 g/mol. The second-order valence-corrected chi connectivity index (χ2v) is 4.33. The number of carbonyl (C=O) groups is 1. The van der Waals surface area contributed by atoms with E-state index in [1.54, 1.807) is 6.07 Å². The number of benzene rings is 2. The van der Waals surface area contributed by atoms with Crippen LogP contribution in [0.15, 0.2) is 36.4 Å². The summed E-state index contributed by atoms with van der Waals surface area (Å²) in [6, 6.07) is 7.81. The van der Waals surface area contributed by atoms with Crippen LogP contribution in [0, 0.1) is 22.9 Å². The van der Waals surface area contributed by atoms with Gasteiger partial charge in [-0.15, -0.1) is 0 Å². The molecular formula is C14H11FN2O4. The summed E-state index contributed by atoms with van der Waals surface area (Å²) in [4.78, 5) is 21.2. The zero-order chi connectivity index (χ0) is 15.6. The van der Waals surface area contributed by atoms with Crippen LogP contribution in [-0.4, -0.2) is 16.0 Å². The Bertz CT molecular complexity index is 731. The summed E-state index contributed by atoms with van der Waals surface area (Å²) >= 11 is 0. The quantitative estimate of drug-likeness (QED) is 0.664. The van der Waals surface area contributed by atoms with Gasteiger partial charge < -0.3 is 10.4 Å². The number of nitrogens with one attached hydrogen (secondary N) is 1. The number of nitrogens with zero attached hydrogens (tertiary/aromatic N) is 1. The Morgan fingerprint density at radius 3 is 2.62 bits per heavy atom. The van der Waals surface area contributed by atoms with Crippen LogP contribution in [0.4, 0.5) is 21.5 Å². The number of halogens is 1. The van der Waals surface area contributed by atoms with Gasteiger partial charge in [-0.1, -0.05) is 6.07 Å². The lowest BCUT2D eigenvalue weighted by Crippen LogP contribution is -2.02. The summed E-state index contributed by atoms with van der Waals surface area (Å²) in [6.45, 7) is 1.54. The minimum absolute atomic E-state index is 0.0960. The van der Waals surface area contributed by atoms with Crippen LogP contribution in [0.3, 0.4) is 0 Å². The lowest BCUT2D eigenvalue weighted by molar-refractivity contribution is -0.383. The van der Waals surface area contributed by atoms with E-state index in [4.69, 9.17) is 5.11 Å². The largest absolute Gasteiger partial charge is 0.478 e. The number of nitro groups is 1. The van der Waals surface area contributed by atoms with E-state index in [2.05, 4.69) is 5.32 Å². The highest BCUT2D eigenvalue weighted by Crippen LogP contribution is 2.30. The van der Waals surface area contributed by atoms with Crippen molar-refractivity contribution < 1.29 is 19.2 Å². The molecule has 2 rings (SSSR count). The van der Waals surface area contributed by atoms with Gasteiger partial charge in [-0.2, -0.15) is 0 Å². The molecule has 21 heavy (non-hydrogen) atoms. The average Bonchev–Trinajstić information content (AvgIpc) is 2.43. The van der Waals surface area contributed by atoms with Gasteiger partial charge in [0.25, 0.3) is 5.69 Å². The van der Waals surface area contributed by atoms with E-state index in [0.29, 0.717) is 11.3 Å². The van der Waals surface area contributed by atoms with Crippen molar-refractivity contribution in [2.24, 2.45) is 0 Å². The molecule has 7 heteroatoms. The number of anilines is 2. The Kier molecular flexibility index (Phi) is 3.84. The highest BCUT2D eigenvalue weighted by atomic mass is 19.1. The minimum Gasteiger partial charge on any atom is -0.478 e. The molecule has 0 radical (unpaired) electrons. The summed E-state index contributed by atoms with van der Waals surface area (Å²) in [7, 11) is 0. The molecule has 0 aromatic heterocycles. The first-order valence-electron chi connectivity index (χ1n) is 5.94. The van der Waals surface area contributed by atoms with Crippen molar-refractivity contribution in [2.75, 3.05) is 5.32 Å². The zero-order valence-corrected chi connectivity index (χ0v) is 11.0. The normalized spacial score (nSPS) is 10.2. The molecule has 0 aliphatic heterocycles. The molecule has 0 aliphatic rings. The molecule has 0 bridgehead atoms. The molecule has 0 atom stereocenters. The number of aromatic carboxylic acids is 1. The standard InChI is InChI=1S/C14H11FN2O4/c1-8-10(15)3-2-4-11(8)16-12-6-5-9(14(18)19)7-13(12)17(20)21/h2-7,16H,1H3,(H,18,19). The smallest absolute Gasteiger partial charge is 0.335 e. The van der Waals surface area contributed by atoms with Gasteiger partial charge in [0.05, 0.1) is 10.5 Å². The molecule has 0 aliphatic carbocycles. The number of hydrogen-bond acceptors (Lipinski definition) is 4. The van der Waals surface area contributed by atoms with Crippen LogP contribution in [0.1, 0.15) is 15.9 Å². The Hall–Kier alpha value is -2.96. The van der Waals surface area contributed by atoms with E-state index in [1.807, 2.05) is 0 Å². The average molecular weight is 290 g/mol. The van der Waals surface area contributed by atoms with Crippen molar-refractivity contribution in [3.8, 4) is 0 Å². The minimum atomic E-state index is -1.26. The molecule has 0 heterocycles. The maximum atomic E-state index is 13.5. The first kappa shape index (κ1) is 14.4. The molecule has 2 N–H and O–H groups in total. The van der Waals surface area contributed by atoms with Crippen LogP contribution in [-0.2, 0) is 0 Å². The third-order valence-corrected chi connectivity index (χ3v) is 2.98. The van der Waals surface area contributed by atoms with Gasteiger partial charge in [0.1, 0.15) is 11.5 Å². The predicted molar refractivity (Wildman–Crippen MR) is 74.5 cm³/mol. The van der Waals surface area contributed by atoms with Gasteiger partial charge in [-0.05, 0) is 31.2 Å². The molecule has 0 saturated carbocycles. The Balaban J connectivity index is 2.46. The van der Waals surface area contributed by atoms with Crippen molar-refractivity contribution in [2.45, 2.75) is 6.92 Å². The van der Waals surface area contributed by atoms with Crippen molar-refractivity contribution >= 4 is 23.0 Å². The third kappa shape index (κ3) is 2.97. The van der Waals surface area contributed by atoms with Gasteiger partial charge in [0.2, 0.25) is 0 Å². The van der Waals surface area contributed by atoms with Crippen LogP contribution in [0.2, 0.25) is 0 Å². The fourth-order valence-corrected chi connectivity index (χ4v) is 1.81. The third-order valence-electron chi connectivity index (χ3n) is 2.98. The van der Waals surface area contributed by atoms with Gasteiger partial charge in [0.15, 0.2) is 0 Å². The maximum absolute atomic E-state index is 13.5. The first-order chi connectivity index (χ1) is 9.90. The number of nitro benzene ring substituents is 1. The highest BCUT2D eigenvalue weighted by molar-refractivity contribution is 5.90. The second-order valence-electron chi connectivity index (χ2n) is 4.33. The lowest BCUT2D eigenvalue weighted by atomic mass is 10.1. The molecule has 6 nitrogen and oxygen atoms in total. The summed E-state index contributed by atoms with van der Waals surface area (Å²) < 4.78 is 13.5. The molecule has 0 fully saturated rings. The molecule has 0 unspecified atom stereocenters. The maximum Gasteiger partial charge on any atom is 0.335 e. The van der Waals surface area contributed by atoms with Crippen LogP contribution >= 0.6 is 0 Å². The van der Waals surface area contributed by atoms with Gasteiger partial charge in [-0.3, -0.25) is 10.1 Å². The van der Waals surface area contributed by atoms with Crippen molar-refractivity contribution in [3.63, 3.8) is 0 Å². The van der Waals surface area contributed by atoms with Gasteiger partial charge in [-0.25, -0.2) is 9.18 Å². The molecule has 108 valence electrons. The second kappa shape index (κ2) is 5.58. The van der Waals surface area contributed by atoms with Gasteiger partial charge in [0, 0.05) is 17.3 Å². The summed E-state index contributed by atoms with van der Waals surface area (Å²) in [5.41, 5.74) is 0.204. The number of carboxylic acids is 1. The lowest BCUT2D eigenvalue weighted by Gasteiger charge is -2.10. The summed E-state index contributed by atoms with van der Waals surface area (Å²) in [5, 5.41) is 22.7. The molecule has 0 amide bonds. The Morgan fingerprint density at radius 1 is 1.29 bits per heavy atom. The SMILES string of the molecule is Cc1c(F)cccc1Nc1ccc(C(=O)O)cc1[N+](=O)[O-]. The van der Waals surface area contributed by atoms with Crippen LogP contribution < -0.4 is 5.32 Å². The van der Waals surface area contributed by atoms with E-state index >= 15 is 0 Å². The van der Waals surface area contributed by atoms with Crippen molar-refractivity contribution in [1.29, 1.82) is 0 Å². The molecular weight excluding hydrogens is 279 g/mol. The predicted octanol–water partition coefficient (Wildman–Crippen LogP) is 3.48. The van der Waals surface area contributed by atoms with E-state index in [-0.39, 0.29) is 11.3 Å². The van der Waals surface area contributed by atoms with E-state index < -0.39 is 22.4 Å². The van der Waals surface area contributed by atoms with Crippen molar-refractivity contribution in [3.05, 3.63) is 63.5 Å². The number of hydrogen-bond donors (Lipinski definition) is 2. The van der Waals surface area contributed by atoms with Gasteiger partial charge >= 0.3 is 5.97 Å². The summed E-state index contributed by atoms with van der Waals surface area (Å²) in [6.07, 6.45) is 0. The van der Waals surface area contributed by atoms with E-state index in [0.717, 1.165) is 6.07 Å². The molecule has 0 spiro atoms. The molecule has 2 aromatic rings. The highest BCUT2D eigenvalue weighted by Gasteiger charge is 2.18. The number of carboxylic acid groups (broad SMARTS) is 1. The Morgan fingerprint density at radius 2 is 2.00 bits per heavy atom. The van der Waals surface area contributed by atoms with Crippen LogP contribution in [0.25, 0.3) is 0 Å². The van der Waals surface area contributed by atoms with E-state index in [1.165, 1.54) is 31.2 Å². The molecule has 0 saturated heterocycles. The van der Waals surface area contributed by atoms with Crippen LogP contribution in [0.5, 0.6) is 0 Å².